The van der Waals surface area contributed by atoms with E-state index in [9.17, 15) is 4.79 Å². The van der Waals surface area contributed by atoms with Crippen molar-refractivity contribution in [1.82, 2.24) is 4.98 Å². The summed E-state index contributed by atoms with van der Waals surface area (Å²) in [6.07, 6.45) is 3.52. The maximum absolute atomic E-state index is 12.5. The van der Waals surface area contributed by atoms with Gasteiger partial charge in [0.1, 0.15) is 5.69 Å². The van der Waals surface area contributed by atoms with Gasteiger partial charge in [-0.2, -0.15) is 0 Å². The quantitative estimate of drug-likeness (QED) is 0.321. The van der Waals surface area contributed by atoms with Crippen molar-refractivity contribution in [2.45, 2.75) is 6.42 Å². The summed E-state index contributed by atoms with van der Waals surface area (Å²) < 4.78 is 0. The number of rotatable bonds is 4. The third-order valence-corrected chi connectivity index (χ3v) is 4.40. The average Bonchev–Trinajstić information content (AvgIpc) is 2.68. The van der Waals surface area contributed by atoms with Crippen LogP contribution < -0.4 is 5.73 Å². The number of hydrogen-bond acceptors (Lipinski definition) is 4. The summed E-state index contributed by atoms with van der Waals surface area (Å²) in [7, 11) is 0. The predicted octanol–water partition coefficient (Wildman–Crippen LogP) is 4.52. The molecule has 3 rings (SSSR count). The third-order valence-electron chi connectivity index (χ3n) is 3.89. The summed E-state index contributed by atoms with van der Waals surface area (Å²) in [4.78, 5) is 24.3. The van der Waals surface area contributed by atoms with Crippen molar-refractivity contribution in [1.29, 1.82) is 0 Å². The highest BCUT2D eigenvalue weighted by Crippen LogP contribution is 2.28. The second-order valence-corrected chi connectivity index (χ2v) is 6.43. The van der Waals surface area contributed by atoms with Crippen molar-refractivity contribution in [2.24, 2.45) is 10.7 Å². The van der Waals surface area contributed by atoms with Crippen LogP contribution >= 0.6 is 11.8 Å². The number of carbonyl (C=O) groups is 1. The van der Waals surface area contributed by atoms with E-state index in [1.807, 2.05) is 42.7 Å². The molecule has 0 unspecified atom stereocenters. The summed E-state index contributed by atoms with van der Waals surface area (Å²) >= 11 is 1.39. The molecule has 2 aromatic carbocycles. The SMILES string of the molecule is [C-]#[N+]c1ccc(C(=O)Cc2ccc3cccc(N=C(N)SC)c3c2)nc1. The van der Waals surface area contributed by atoms with E-state index < -0.39 is 0 Å². The number of hydrogen-bond donors (Lipinski definition) is 1. The molecule has 0 spiro atoms. The van der Waals surface area contributed by atoms with Crippen molar-refractivity contribution in [2.75, 3.05) is 6.26 Å². The van der Waals surface area contributed by atoms with E-state index in [0.717, 1.165) is 22.0 Å². The van der Waals surface area contributed by atoms with Gasteiger partial charge >= 0.3 is 0 Å². The Morgan fingerprint density at radius 1 is 1.27 bits per heavy atom. The Labute approximate surface area is 155 Å². The van der Waals surface area contributed by atoms with Crippen LogP contribution in [0.15, 0.2) is 59.7 Å². The van der Waals surface area contributed by atoms with Gasteiger partial charge in [0.05, 0.1) is 12.3 Å². The fourth-order valence-corrected chi connectivity index (χ4v) is 2.76. The zero-order valence-corrected chi connectivity index (χ0v) is 15.0. The van der Waals surface area contributed by atoms with Crippen molar-refractivity contribution >= 4 is 44.9 Å². The Hall–Kier alpha value is -3.17. The number of pyridine rings is 1. The number of Topliss-reactive ketones (excluding diaryl/α,β-unsaturated/α-hetero) is 1. The summed E-state index contributed by atoms with van der Waals surface area (Å²) in [6.45, 7) is 6.94. The molecule has 0 aliphatic carbocycles. The molecular weight excluding hydrogens is 344 g/mol. The molecule has 0 amide bonds. The number of aliphatic imine (C=N–C) groups is 1. The zero-order valence-electron chi connectivity index (χ0n) is 14.1. The van der Waals surface area contributed by atoms with Crippen LogP contribution in [-0.2, 0) is 6.42 Å². The van der Waals surface area contributed by atoms with Crippen LogP contribution in [0.3, 0.4) is 0 Å². The minimum Gasteiger partial charge on any atom is -0.378 e. The molecule has 0 atom stereocenters. The van der Waals surface area contributed by atoms with Gasteiger partial charge in [-0.1, -0.05) is 42.1 Å². The van der Waals surface area contributed by atoms with Crippen LogP contribution in [0.2, 0.25) is 0 Å². The van der Waals surface area contributed by atoms with E-state index in [-0.39, 0.29) is 12.2 Å². The van der Waals surface area contributed by atoms with Gasteiger partial charge in [0, 0.05) is 18.0 Å². The monoisotopic (exact) mass is 360 g/mol. The van der Waals surface area contributed by atoms with Crippen LogP contribution in [0.25, 0.3) is 15.6 Å². The largest absolute Gasteiger partial charge is 0.378 e. The minimum atomic E-state index is -0.0921. The lowest BCUT2D eigenvalue weighted by Crippen LogP contribution is -2.05. The standard InChI is InChI=1S/C20H16N4OS/c1-22-15-8-9-18(23-12-15)19(25)11-13-6-7-14-4-3-5-17(16(14)10-13)24-20(21)26-2/h3-10,12H,11H2,2H3,(H2,21,24). The average molecular weight is 360 g/mol. The van der Waals surface area contributed by atoms with Crippen molar-refractivity contribution < 1.29 is 4.79 Å². The van der Waals surface area contributed by atoms with Crippen molar-refractivity contribution in [3.63, 3.8) is 0 Å². The molecule has 0 aliphatic heterocycles. The first kappa shape index (κ1) is 17.6. The van der Waals surface area contributed by atoms with Crippen LogP contribution in [0.5, 0.6) is 0 Å². The lowest BCUT2D eigenvalue weighted by atomic mass is 10.0. The molecule has 0 radical (unpaired) electrons. The molecule has 1 heterocycles. The van der Waals surface area contributed by atoms with Crippen LogP contribution in [-0.4, -0.2) is 22.2 Å². The molecule has 0 aliphatic rings. The van der Waals surface area contributed by atoms with Gasteiger partial charge in [-0.25, -0.2) is 9.84 Å². The van der Waals surface area contributed by atoms with E-state index in [1.165, 1.54) is 18.0 Å². The Bertz CT molecular complexity index is 1040. The maximum atomic E-state index is 12.5. The molecule has 3 aromatic rings. The second-order valence-electron chi connectivity index (χ2n) is 5.60. The Morgan fingerprint density at radius 2 is 2.12 bits per heavy atom. The smallest absolute Gasteiger partial charge is 0.205 e. The molecule has 5 nitrogen and oxygen atoms in total. The highest BCUT2D eigenvalue weighted by atomic mass is 32.2. The van der Waals surface area contributed by atoms with Gasteiger partial charge in [0.2, 0.25) is 5.69 Å². The van der Waals surface area contributed by atoms with Crippen molar-refractivity contribution in [3.8, 4) is 0 Å². The molecule has 0 saturated heterocycles. The summed E-state index contributed by atoms with van der Waals surface area (Å²) in [5.74, 6) is -0.0921. The molecule has 26 heavy (non-hydrogen) atoms. The van der Waals surface area contributed by atoms with Crippen LogP contribution in [0, 0.1) is 6.57 Å². The fourth-order valence-electron chi connectivity index (χ4n) is 2.57. The van der Waals surface area contributed by atoms with Gasteiger partial charge in [-0.15, -0.1) is 0 Å². The summed E-state index contributed by atoms with van der Waals surface area (Å²) in [5, 5.41) is 2.48. The topological polar surface area (TPSA) is 72.7 Å². The first-order valence-corrected chi connectivity index (χ1v) is 9.09. The molecule has 0 fully saturated rings. The van der Waals surface area contributed by atoms with Crippen molar-refractivity contribution in [3.05, 3.63) is 77.4 Å². The first-order chi connectivity index (χ1) is 12.6. The first-order valence-electron chi connectivity index (χ1n) is 7.87. The fraction of sp³-hybridized carbons (Fsp3) is 0.100. The van der Waals surface area contributed by atoms with E-state index in [4.69, 9.17) is 12.3 Å². The normalized spacial score (nSPS) is 11.3. The lowest BCUT2D eigenvalue weighted by molar-refractivity contribution is 0.0988. The third kappa shape index (κ3) is 3.90. The number of nitrogens with two attached hydrogens (primary N) is 1. The van der Waals surface area contributed by atoms with E-state index in [2.05, 4.69) is 14.8 Å². The highest BCUT2D eigenvalue weighted by molar-refractivity contribution is 8.13. The van der Waals surface area contributed by atoms with Gasteiger partial charge in [0.25, 0.3) is 0 Å². The second kappa shape index (κ2) is 7.81. The molecular formula is C20H16N4OS. The van der Waals surface area contributed by atoms with Gasteiger partial charge < -0.3 is 5.73 Å². The lowest BCUT2D eigenvalue weighted by Gasteiger charge is -2.07. The minimum absolute atomic E-state index is 0.0921. The molecule has 6 heteroatoms. The van der Waals surface area contributed by atoms with E-state index in [1.54, 1.807) is 12.1 Å². The van der Waals surface area contributed by atoms with Gasteiger partial charge in [-0.05, 0) is 35.4 Å². The number of thioether (sulfide) groups is 1. The predicted molar refractivity (Wildman–Crippen MR) is 107 cm³/mol. The number of amidine groups is 1. The number of fused-ring (bicyclic) bond motifs is 1. The van der Waals surface area contributed by atoms with Crippen LogP contribution in [0.1, 0.15) is 16.1 Å². The molecule has 0 bridgehead atoms. The number of carbonyl (C=O) groups excluding carboxylic acids is 1. The maximum Gasteiger partial charge on any atom is 0.205 e. The molecule has 2 N–H and O–H groups in total. The van der Waals surface area contributed by atoms with Gasteiger partial charge in [-0.3, -0.25) is 9.78 Å². The number of benzene rings is 2. The highest BCUT2D eigenvalue weighted by Gasteiger charge is 2.10. The Kier molecular flexibility index (Phi) is 5.30. The molecule has 128 valence electrons. The number of aromatic nitrogens is 1. The van der Waals surface area contributed by atoms with Gasteiger partial charge in [0.15, 0.2) is 11.0 Å². The number of nitrogens with zero attached hydrogens (tertiary/aromatic N) is 3. The number of ketones is 1. The zero-order chi connectivity index (χ0) is 18.5. The van der Waals surface area contributed by atoms with E-state index >= 15 is 0 Å². The Morgan fingerprint density at radius 3 is 2.81 bits per heavy atom. The molecule has 1 aromatic heterocycles. The van der Waals surface area contributed by atoms with E-state index in [0.29, 0.717) is 16.5 Å². The summed E-state index contributed by atoms with van der Waals surface area (Å²) in [5.41, 5.74) is 8.28. The van der Waals surface area contributed by atoms with Crippen LogP contribution in [0.4, 0.5) is 11.4 Å². The summed E-state index contributed by atoms with van der Waals surface area (Å²) in [6, 6.07) is 14.9. The molecule has 0 saturated carbocycles. The Balaban J connectivity index is 1.91.